The maximum absolute atomic E-state index is 11.2. The van der Waals surface area contributed by atoms with Gasteiger partial charge in [0, 0.05) is 7.11 Å². The van der Waals surface area contributed by atoms with Gasteiger partial charge < -0.3 is 4.74 Å². The van der Waals surface area contributed by atoms with Gasteiger partial charge in [0.2, 0.25) is 0 Å². The lowest BCUT2D eigenvalue weighted by Gasteiger charge is -2.17. The molecule has 0 N–H and O–H groups in total. The first-order chi connectivity index (χ1) is 6.54. The van der Waals surface area contributed by atoms with E-state index in [-0.39, 0.29) is 11.9 Å². The van der Waals surface area contributed by atoms with Crippen LogP contribution < -0.4 is 0 Å². The summed E-state index contributed by atoms with van der Waals surface area (Å²) in [6.45, 7) is 7.62. The van der Waals surface area contributed by atoms with Crippen LogP contribution in [0.3, 0.4) is 0 Å². The first-order valence-corrected chi connectivity index (χ1v) is 5.25. The van der Waals surface area contributed by atoms with Crippen LogP contribution in [-0.4, -0.2) is 19.0 Å². The zero-order chi connectivity index (χ0) is 11.1. The fraction of sp³-hybridized carbons (Fsp3) is 0.750. The summed E-state index contributed by atoms with van der Waals surface area (Å²) in [6, 6.07) is 0. The smallest absolute Gasteiger partial charge is 0.155 e. The molecule has 0 heterocycles. The standard InChI is InChI=1S/C12H22O2/c1-6-7-8-12(14-5)10(3)9(2)11(4)13/h12H,6-8H2,1-5H3/b10-9+. The average molecular weight is 198 g/mol. The van der Waals surface area contributed by atoms with Crippen LogP contribution in [0.25, 0.3) is 0 Å². The second-order valence-electron chi connectivity index (χ2n) is 3.73. The average Bonchev–Trinajstić information content (AvgIpc) is 2.17. The minimum absolute atomic E-state index is 0.110. The van der Waals surface area contributed by atoms with E-state index in [1.807, 2.05) is 13.8 Å². The maximum Gasteiger partial charge on any atom is 0.155 e. The van der Waals surface area contributed by atoms with Gasteiger partial charge in [-0.15, -0.1) is 0 Å². The molecule has 0 rings (SSSR count). The number of ether oxygens (including phenoxy) is 1. The fourth-order valence-corrected chi connectivity index (χ4v) is 1.42. The quantitative estimate of drug-likeness (QED) is 0.613. The number of hydrogen-bond donors (Lipinski definition) is 0. The molecule has 0 fully saturated rings. The van der Waals surface area contributed by atoms with E-state index in [0.29, 0.717) is 0 Å². The zero-order valence-electron chi connectivity index (χ0n) is 10.0. The van der Waals surface area contributed by atoms with E-state index >= 15 is 0 Å². The van der Waals surface area contributed by atoms with Crippen LogP contribution in [0, 0.1) is 0 Å². The first kappa shape index (κ1) is 13.4. The zero-order valence-corrected chi connectivity index (χ0v) is 10.0. The molecule has 0 spiro atoms. The van der Waals surface area contributed by atoms with Gasteiger partial charge in [0.1, 0.15) is 0 Å². The lowest BCUT2D eigenvalue weighted by molar-refractivity contribution is -0.113. The number of unbranched alkanes of at least 4 members (excludes halogenated alkanes) is 1. The number of methoxy groups -OCH3 is 1. The van der Waals surface area contributed by atoms with Crippen molar-refractivity contribution < 1.29 is 9.53 Å². The van der Waals surface area contributed by atoms with Crippen molar-refractivity contribution in [2.45, 2.75) is 53.1 Å². The summed E-state index contributed by atoms with van der Waals surface area (Å²) >= 11 is 0. The van der Waals surface area contributed by atoms with Crippen molar-refractivity contribution in [1.29, 1.82) is 0 Å². The van der Waals surface area contributed by atoms with Gasteiger partial charge in [0.15, 0.2) is 5.78 Å². The predicted molar refractivity (Wildman–Crippen MR) is 59.4 cm³/mol. The summed E-state index contributed by atoms with van der Waals surface area (Å²) < 4.78 is 5.38. The SMILES string of the molecule is CCCCC(OC)/C(C)=C(\C)C(C)=O. The van der Waals surface area contributed by atoms with Crippen molar-refractivity contribution in [1.82, 2.24) is 0 Å². The largest absolute Gasteiger partial charge is 0.377 e. The molecule has 82 valence electrons. The summed E-state index contributed by atoms with van der Waals surface area (Å²) in [5, 5.41) is 0. The molecule has 14 heavy (non-hydrogen) atoms. The maximum atomic E-state index is 11.2. The molecule has 2 heteroatoms. The number of allylic oxidation sites excluding steroid dienone is 1. The number of rotatable bonds is 6. The third kappa shape index (κ3) is 4.05. The summed E-state index contributed by atoms with van der Waals surface area (Å²) in [5.74, 6) is 0.140. The van der Waals surface area contributed by atoms with Gasteiger partial charge in [-0.2, -0.15) is 0 Å². The Morgan fingerprint density at radius 2 is 1.86 bits per heavy atom. The lowest BCUT2D eigenvalue weighted by Crippen LogP contribution is -2.15. The van der Waals surface area contributed by atoms with E-state index in [9.17, 15) is 4.79 Å². The molecule has 0 radical (unpaired) electrons. The van der Waals surface area contributed by atoms with Crippen molar-refractivity contribution in [2.24, 2.45) is 0 Å². The normalized spacial score (nSPS) is 14.9. The number of Topliss-reactive ketones (excluding diaryl/α,β-unsaturated/α-hetero) is 1. The Kier molecular flexibility index (Phi) is 6.46. The van der Waals surface area contributed by atoms with Gasteiger partial charge in [-0.3, -0.25) is 4.79 Å². The molecule has 0 aromatic carbocycles. The van der Waals surface area contributed by atoms with Crippen molar-refractivity contribution in [2.75, 3.05) is 7.11 Å². The van der Waals surface area contributed by atoms with E-state index in [4.69, 9.17) is 4.74 Å². The summed E-state index contributed by atoms with van der Waals surface area (Å²) in [6.07, 6.45) is 3.41. The Balaban J connectivity index is 4.51. The topological polar surface area (TPSA) is 26.3 Å². The van der Waals surface area contributed by atoms with E-state index in [2.05, 4.69) is 6.92 Å². The molecule has 0 aliphatic rings. The third-order valence-electron chi connectivity index (χ3n) is 2.71. The molecular formula is C12H22O2. The van der Waals surface area contributed by atoms with E-state index in [1.165, 1.54) is 0 Å². The molecule has 0 saturated carbocycles. The van der Waals surface area contributed by atoms with Crippen LogP contribution in [-0.2, 0) is 9.53 Å². The molecule has 0 saturated heterocycles. The third-order valence-corrected chi connectivity index (χ3v) is 2.71. The Morgan fingerprint density at radius 3 is 2.21 bits per heavy atom. The van der Waals surface area contributed by atoms with Gasteiger partial charge in [-0.05, 0) is 38.3 Å². The van der Waals surface area contributed by atoms with Crippen molar-refractivity contribution in [3.63, 3.8) is 0 Å². The monoisotopic (exact) mass is 198 g/mol. The minimum Gasteiger partial charge on any atom is -0.377 e. The molecule has 1 unspecified atom stereocenters. The van der Waals surface area contributed by atoms with E-state index in [0.717, 1.165) is 30.4 Å². The second-order valence-corrected chi connectivity index (χ2v) is 3.73. The van der Waals surface area contributed by atoms with Crippen LogP contribution in [0.5, 0.6) is 0 Å². The van der Waals surface area contributed by atoms with E-state index in [1.54, 1.807) is 14.0 Å². The highest BCUT2D eigenvalue weighted by Gasteiger charge is 2.13. The highest BCUT2D eigenvalue weighted by atomic mass is 16.5. The Labute approximate surface area is 87.3 Å². The van der Waals surface area contributed by atoms with Crippen LogP contribution in [0.1, 0.15) is 47.0 Å². The van der Waals surface area contributed by atoms with E-state index < -0.39 is 0 Å². The van der Waals surface area contributed by atoms with Crippen molar-refractivity contribution in [3.8, 4) is 0 Å². The summed E-state index contributed by atoms with van der Waals surface area (Å²) in [4.78, 5) is 11.2. The van der Waals surface area contributed by atoms with Gasteiger partial charge in [-0.25, -0.2) is 0 Å². The molecular weight excluding hydrogens is 176 g/mol. The number of hydrogen-bond acceptors (Lipinski definition) is 2. The van der Waals surface area contributed by atoms with Crippen LogP contribution >= 0.6 is 0 Å². The molecule has 0 amide bonds. The molecule has 0 aromatic rings. The van der Waals surface area contributed by atoms with Crippen molar-refractivity contribution in [3.05, 3.63) is 11.1 Å². The molecule has 1 atom stereocenters. The molecule has 0 aliphatic heterocycles. The van der Waals surface area contributed by atoms with Crippen LogP contribution in [0.4, 0.5) is 0 Å². The van der Waals surface area contributed by atoms with Gasteiger partial charge in [0.25, 0.3) is 0 Å². The molecule has 2 nitrogen and oxygen atoms in total. The van der Waals surface area contributed by atoms with Crippen LogP contribution in [0.15, 0.2) is 11.1 Å². The first-order valence-electron chi connectivity index (χ1n) is 5.25. The van der Waals surface area contributed by atoms with Gasteiger partial charge in [-0.1, -0.05) is 19.8 Å². The second kappa shape index (κ2) is 6.77. The van der Waals surface area contributed by atoms with Crippen molar-refractivity contribution >= 4 is 5.78 Å². The summed E-state index contributed by atoms with van der Waals surface area (Å²) in [5.41, 5.74) is 1.92. The molecule has 0 bridgehead atoms. The fourth-order valence-electron chi connectivity index (χ4n) is 1.42. The molecule has 0 aromatic heterocycles. The number of carbonyl (C=O) groups excluding carboxylic acids is 1. The Bertz CT molecular complexity index is 216. The Morgan fingerprint density at radius 1 is 1.29 bits per heavy atom. The van der Waals surface area contributed by atoms with Gasteiger partial charge in [0.05, 0.1) is 6.10 Å². The van der Waals surface area contributed by atoms with Gasteiger partial charge >= 0.3 is 0 Å². The highest BCUT2D eigenvalue weighted by Crippen LogP contribution is 2.17. The Hall–Kier alpha value is -0.630. The lowest BCUT2D eigenvalue weighted by atomic mass is 9.99. The highest BCUT2D eigenvalue weighted by molar-refractivity contribution is 5.93. The molecule has 0 aliphatic carbocycles. The number of carbonyl (C=O) groups is 1. The predicted octanol–water partition coefficient (Wildman–Crippen LogP) is 3.12. The summed E-state index contributed by atoms with van der Waals surface area (Å²) in [7, 11) is 1.71. The number of ketones is 1. The van der Waals surface area contributed by atoms with Crippen LogP contribution in [0.2, 0.25) is 0 Å². The minimum atomic E-state index is 0.110.